The Morgan fingerprint density at radius 2 is 1.97 bits per heavy atom. The van der Waals surface area contributed by atoms with E-state index in [4.69, 9.17) is 0 Å². The van der Waals surface area contributed by atoms with Gasteiger partial charge in [-0.3, -0.25) is 14.2 Å². The van der Waals surface area contributed by atoms with Gasteiger partial charge in [-0.15, -0.1) is 21.5 Å². The molecule has 2 heterocycles. The highest BCUT2D eigenvalue weighted by atomic mass is 32.2. The third kappa shape index (κ3) is 6.16. The van der Waals surface area contributed by atoms with Crippen LogP contribution in [-0.4, -0.2) is 46.0 Å². The summed E-state index contributed by atoms with van der Waals surface area (Å²) in [6, 6.07) is 14.2. The lowest BCUT2D eigenvalue weighted by Gasteiger charge is -2.10. The topological polar surface area (TPSA) is 86.1 Å². The molecule has 0 aliphatic carbocycles. The van der Waals surface area contributed by atoms with Crippen molar-refractivity contribution in [1.82, 2.24) is 20.1 Å². The van der Waals surface area contributed by atoms with Gasteiger partial charge in [0.15, 0.2) is 11.0 Å². The number of nitrogens with one attached hydrogen (secondary N) is 1. The predicted octanol–water partition coefficient (Wildman–Crippen LogP) is 3.22. The summed E-state index contributed by atoms with van der Waals surface area (Å²) < 4.78 is 6.64. The fourth-order valence-corrected chi connectivity index (χ4v) is 4.21. The Bertz CT molecular complexity index is 927. The number of hydrogen-bond acceptors (Lipinski definition) is 7. The molecule has 7 nitrogen and oxygen atoms in total. The lowest BCUT2D eigenvalue weighted by atomic mass is 10.2. The normalized spacial score (nSPS) is 10.7. The molecule has 3 aromatic rings. The molecule has 0 unspecified atom stereocenters. The first kappa shape index (κ1) is 21.1. The molecule has 0 saturated heterocycles. The summed E-state index contributed by atoms with van der Waals surface area (Å²) >= 11 is 3.12. The van der Waals surface area contributed by atoms with Crippen molar-refractivity contribution in [2.75, 3.05) is 19.4 Å². The van der Waals surface area contributed by atoms with E-state index in [1.54, 1.807) is 11.3 Å². The lowest BCUT2D eigenvalue weighted by Crippen LogP contribution is -2.26. The van der Waals surface area contributed by atoms with Gasteiger partial charge in [0.2, 0.25) is 5.91 Å². The van der Waals surface area contributed by atoms with Crippen LogP contribution in [0.2, 0.25) is 0 Å². The molecular formula is C20H22N4O3S2. The van der Waals surface area contributed by atoms with E-state index >= 15 is 0 Å². The highest BCUT2D eigenvalue weighted by molar-refractivity contribution is 7.99. The highest BCUT2D eigenvalue weighted by Crippen LogP contribution is 2.28. The Morgan fingerprint density at radius 1 is 1.14 bits per heavy atom. The van der Waals surface area contributed by atoms with Gasteiger partial charge in [-0.05, 0) is 17.0 Å². The summed E-state index contributed by atoms with van der Waals surface area (Å²) in [5.74, 6) is 0.958. The zero-order valence-corrected chi connectivity index (χ0v) is 17.7. The quantitative estimate of drug-likeness (QED) is 0.393. The molecule has 0 spiro atoms. The number of methoxy groups -OCH3 is 1. The maximum absolute atomic E-state index is 12.0. The van der Waals surface area contributed by atoms with Gasteiger partial charge in [0.05, 0.1) is 25.0 Å². The van der Waals surface area contributed by atoms with Crippen LogP contribution in [0.25, 0.3) is 10.7 Å². The Hall–Kier alpha value is -2.65. The van der Waals surface area contributed by atoms with E-state index in [1.165, 1.54) is 18.9 Å². The van der Waals surface area contributed by atoms with Crippen LogP contribution in [0.15, 0.2) is 53.0 Å². The molecule has 0 saturated carbocycles. The first-order chi connectivity index (χ1) is 14.2. The number of hydrogen-bond donors (Lipinski definition) is 1. The molecule has 152 valence electrons. The van der Waals surface area contributed by atoms with Gasteiger partial charge >= 0.3 is 5.97 Å². The molecular weight excluding hydrogens is 408 g/mol. The number of carbonyl (C=O) groups excluding carboxylic acids is 2. The average molecular weight is 431 g/mol. The van der Waals surface area contributed by atoms with Crippen LogP contribution < -0.4 is 5.32 Å². The summed E-state index contributed by atoms with van der Waals surface area (Å²) in [5.41, 5.74) is 1.16. The molecule has 1 N–H and O–H groups in total. The third-order valence-corrected chi connectivity index (χ3v) is 5.92. The number of ether oxygens (including phenoxy) is 1. The van der Waals surface area contributed by atoms with Crippen LogP contribution in [0.1, 0.15) is 18.4 Å². The molecule has 2 aromatic heterocycles. The minimum Gasteiger partial charge on any atom is -0.469 e. The van der Waals surface area contributed by atoms with E-state index in [9.17, 15) is 9.59 Å². The van der Waals surface area contributed by atoms with Crippen molar-refractivity contribution in [3.63, 3.8) is 0 Å². The summed E-state index contributed by atoms with van der Waals surface area (Å²) in [7, 11) is 1.33. The largest absolute Gasteiger partial charge is 0.469 e. The van der Waals surface area contributed by atoms with Crippen LogP contribution in [0.4, 0.5) is 0 Å². The minimum atomic E-state index is -0.338. The average Bonchev–Trinajstić information content (AvgIpc) is 3.39. The second-order valence-electron chi connectivity index (χ2n) is 6.13. The van der Waals surface area contributed by atoms with E-state index in [1.807, 2.05) is 35.7 Å². The van der Waals surface area contributed by atoms with E-state index in [-0.39, 0.29) is 24.8 Å². The van der Waals surface area contributed by atoms with E-state index < -0.39 is 0 Å². The monoisotopic (exact) mass is 430 g/mol. The fraction of sp³-hybridized carbons (Fsp3) is 0.300. The van der Waals surface area contributed by atoms with Crippen molar-refractivity contribution >= 4 is 35.0 Å². The molecule has 0 bridgehead atoms. The van der Waals surface area contributed by atoms with Gasteiger partial charge in [0.25, 0.3) is 0 Å². The summed E-state index contributed by atoms with van der Waals surface area (Å²) in [6.07, 6.45) is 0.503. The van der Waals surface area contributed by atoms with E-state index in [0.717, 1.165) is 21.4 Å². The third-order valence-electron chi connectivity index (χ3n) is 4.08. The molecule has 1 aromatic carbocycles. The molecule has 0 aliphatic heterocycles. The maximum atomic E-state index is 12.0. The van der Waals surface area contributed by atoms with Crippen molar-refractivity contribution in [3.05, 3.63) is 53.4 Å². The number of esters is 1. The van der Waals surface area contributed by atoms with E-state index in [0.29, 0.717) is 18.7 Å². The summed E-state index contributed by atoms with van der Waals surface area (Å²) in [4.78, 5) is 24.1. The van der Waals surface area contributed by atoms with Crippen molar-refractivity contribution in [3.8, 4) is 10.7 Å². The molecule has 0 radical (unpaired) electrons. The molecule has 1 amide bonds. The van der Waals surface area contributed by atoms with Crippen LogP contribution >= 0.6 is 23.1 Å². The number of thiophene rings is 1. The highest BCUT2D eigenvalue weighted by Gasteiger charge is 2.16. The molecule has 0 fully saturated rings. The van der Waals surface area contributed by atoms with Crippen LogP contribution in [0.3, 0.4) is 0 Å². The zero-order chi connectivity index (χ0) is 20.5. The number of carbonyl (C=O) groups is 2. The summed E-state index contributed by atoms with van der Waals surface area (Å²) in [6.45, 7) is 0.942. The zero-order valence-electron chi connectivity index (χ0n) is 16.0. The number of benzene rings is 1. The lowest BCUT2D eigenvalue weighted by molar-refractivity contribution is -0.140. The van der Waals surface area contributed by atoms with Crippen LogP contribution in [0.5, 0.6) is 0 Å². The first-order valence-corrected chi connectivity index (χ1v) is 11.0. The van der Waals surface area contributed by atoms with Crippen molar-refractivity contribution in [1.29, 1.82) is 0 Å². The Labute approximate surface area is 177 Å². The number of aromatic nitrogens is 3. The predicted molar refractivity (Wildman–Crippen MR) is 114 cm³/mol. The van der Waals surface area contributed by atoms with E-state index in [2.05, 4.69) is 37.0 Å². The number of nitrogens with zero attached hydrogens (tertiary/aromatic N) is 3. The Morgan fingerprint density at radius 3 is 2.69 bits per heavy atom. The van der Waals surface area contributed by atoms with Gasteiger partial charge in [0, 0.05) is 18.7 Å². The number of thioether (sulfide) groups is 1. The molecule has 0 atom stereocenters. The molecule has 0 aliphatic rings. The fourth-order valence-electron chi connectivity index (χ4n) is 2.62. The van der Waals surface area contributed by atoms with Crippen molar-refractivity contribution in [2.45, 2.75) is 24.5 Å². The van der Waals surface area contributed by atoms with Gasteiger partial charge in [-0.1, -0.05) is 48.2 Å². The Kier molecular flexibility index (Phi) is 7.83. The first-order valence-electron chi connectivity index (χ1n) is 9.14. The number of rotatable bonds is 10. The van der Waals surface area contributed by atoms with Gasteiger partial charge < -0.3 is 10.1 Å². The summed E-state index contributed by atoms with van der Waals surface area (Å²) in [5, 5.41) is 14.2. The molecule has 29 heavy (non-hydrogen) atoms. The standard InChI is InChI=1S/C20H22N4O3S2/c1-27-18(26)9-11-21-17(25)10-13-29-20-23-22-19(16-8-5-12-28-16)24(20)14-15-6-3-2-4-7-15/h2-8,12H,9-11,13-14H2,1H3,(H,21,25). The molecule has 3 rings (SSSR count). The van der Waals surface area contributed by atoms with Crippen molar-refractivity contribution < 1.29 is 14.3 Å². The van der Waals surface area contributed by atoms with Gasteiger partial charge in [-0.2, -0.15) is 0 Å². The van der Waals surface area contributed by atoms with Gasteiger partial charge in [0.1, 0.15) is 0 Å². The second kappa shape index (κ2) is 10.8. The number of amides is 1. The van der Waals surface area contributed by atoms with Gasteiger partial charge in [-0.25, -0.2) is 0 Å². The SMILES string of the molecule is COC(=O)CCNC(=O)CCSc1nnc(-c2cccs2)n1Cc1ccccc1. The smallest absolute Gasteiger partial charge is 0.307 e. The molecule has 9 heteroatoms. The van der Waals surface area contributed by atoms with Crippen LogP contribution in [0, 0.1) is 0 Å². The van der Waals surface area contributed by atoms with Crippen LogP contribution in [-0.2, 0) is 20.9 Å². The maximum Gasteiger partial charge on any atom is 0.307 e. The Balaban J connectivity index is 1.61. The minimum absolute atomic E-state index is 0.103. The van der Waals surface area contributed by atoms with Crippen molar-refractivity contribution in [2.24, 2.45) is 0 Å². The second-order valence-corrected chi connectivity index (χ2v) is 8.14.